The van der Waals surface area contributed by atoms with Crippen LogP contribution in [0.3, 0.4) is 0 Å². The van der Waals surface area contributed by atoms with Crippen molar-refractivity contribution in [1.29, 1.82) is 5.26 Å². The molecule has 0 unspecified atom stereocenters. The van der Waals surface area contributed by atoms with Crippen molar-refractivity contribution in [2.75, 3.05) is 0 Å². The highest BCUT2D eigenvalue weighted by molar-refractivity contribution is 6.32. The molecule has 0 fully saturated rings. The summed E-state index contributed by atoms with van der Waals surface area (Å²) in [6, 6.07) is 14.3. The first-order valence-electron chi connectivity index (χ1n) is 4.70. The molecule has 3 heteroatoms. The van der Waals surface area contributed by atoms with Gasteiger partial charge < -0.3 is 5.11 Å². The van der Waals surface area contributed by atoms with Crippen LogP contribution < -0.4 is 0 Å². The fraction of sp³-hybridized carbons (Fsp3) is 0. The van der Waals surface area contributed by atoms with E-state index in [-0.39, 0.29) is 10.8 Å². The zero-order valence-corrected chi connectivity index (χ0v) is 9.07. The number of hydrogen-bond acceptors (Lipinski definition) is 2. The second-order valence-corrected chi connectivity index (χ2v) is 3.73. The number of hydrogen-bond donors (Lipinski definition) is 1. The molecule has 0 atom stereocenters. The van der Waals surface area contributed by atoms with E-state index in [1.165, 1.54) is 6.07 Å². The van der Waals surface area contributed by atoms with E-state index < -0.39 is 0 Å². The van der Waals surface area contributed by atoms with E-state index in [9.17, 15) is 5.11 Å². The largest absolute Gasteiger partial charge is 0.506 e. The summed E-state index contributed by atoms with van der Waals surface area (Å²) in [6.45, 7) is 0. The highest BCUT2D eigenvalue weighted by atomic mass is 35.5. The van der Waals surface area contributed by atoms with Gasteiger partial charge in [-0.2, -0.15) is 5.26 Å². The molecule has 0 aliphatic heterocycles. The molecule has 78 valence electrons. The third kappa shape index (κ3) is 1.86. The van der Waals surface area contributed by atoms with Crippen LogP contribution in [0.5, 0.6) is 5.75 Å². The minimum Gasteiger partial charge on any atom is -0.506 e. The minimum atomic E-state index is 0.0415. The average Bonchev–Trinajstić information content (AvgIpc) is 2.32. The molecule has 0 amide bonds. The van der Waals surface area contributed by atoms with Crippen molar-refractivity contribution in [2.45, 2.75) is 0 Å². The van der Waals surface area contributed by atoms with Gasteiger partial charge in [-0.15, -0.1) is 0 Å². The summed E-state index contributed by atoms with van der Waals surface area (Å²) in [5.41, 5.74) is 2.22. The molecule has 0 heterocycles. The second kappa shape index (κ2) is 4.26. The molecule has 1 N–H and O–H groups in total. The van der Waals surface area contributed by atoms with Crippen molar-refractivity contribution in [1.82, 2.24) is 0 Å². The van der Waals surface area contributed by atoms with Gasteiger partial charge in [-0.25, -0.2) is 0 Å². The molecule has 0 radical (unpaired) electrons. The molecule has 2 aromatic carbocycles. The van der Waals surface area contributed by atoms with E-state index in [2.05, 4.69) is 6.07 Å². The summed E-state index contributed by atoms with van der Waals surface area (Å²) in [7, 11) is 0. The van der Waals surface area contributed by atoms with Crippen molar-refractivity contribution in [3.05, 3.63) is 53.1 Å². The van der Waals surface area contributed by atoms with Crippen LogP contribution in [0.4, 0.5) is 0 Å². The molecule has 0 aromatic heterocycles. The number of rotatable bonds is 1. The van der Waals surface area contributed by atoms with Gasteiger partial charge in [0.2, 0.25) is 0 Å². The van der Waals surface area contributed by atoms with E-state index in [1.807, 2.05) is 18.2 Å². The van der Waals surface area contributed by atoms with Gasteiger partial charge in [-0.05, 0) is 29.3 Å². The zero-order valence-electron chi connectivity index (χ0n) is 8.31. The molecule has 2 rings (SSSR count). The maximum Gasteiger partial charge on any atom is 0.134 e. The van der Waals surface area contributed by atoms with Crippen molar-refractivity contribution in [2.24, 2.45) is 0 Å². The van der Waals surface area contributed by atoms with Crippen LogP contribution in [0.2, 0.25) is 5.02 Å². The monoisotopic (exact) mass is 229 g/mol. The smallest absolute Gasteiger partial charge is 0.134 e. The Bertz CT molecular complexity index is 572. The number of benzene rings is 2. The SMILES string of the molecule is N#Cc1ccccc1-c1ccc(O)c(Cl)c1. The van der Waals surface area contributed by atoms with E-state index in [0.717, 1.165) is 11.1 Å². The Labute approximate surface area is 98.3 Å². The van der Waals surface area contributed by atoms with Crippen LogP contribution in [0.1, 0.15) is 5.56 Å². The lowest BCUT2D eigenvalue weighted by Gasteiger charge is -2.05. The lowest BCUT2D eigenvalue weighted by Crippen LogP contribution is -1.83. The lowest BCUT2D eigenvalue weighted by atomic mass is 10.0. The number of nitriles is 1. The Hall–Kier alpha value is -1.98. The van der Waals surface area contributed by atoms with Gasteiger partial charge in [0.1, 0.15) is 5.75 Å². The van der Waals surface area contributed by atoms with E-state index >= 15 is 0 Å². The molecule has 0 bridgehead atoms. The third-order valence-electron chi connectivity index (χ3n) is 2.31. The third-order valence-corrected chi connectivity index (χ3v) is 2.61. The number of nitrogens with zero attached hydrogens (tertiary/aromatic N) is 1. The number of aromatic hydroxyl groups is 1. The molecule has 16 heavy (non-hydrogen) atoms. The standard InChI is InChI=1S/C13H8ClNO/c14-12-7-9(5-6-13(12)16)11-4-2-1-3-10(11)8-15/h1-7,16H. The van der Waals surface area contributed by atoms with Crippen LogP contribution in [0.15, 0.2) is 42.5 Å². The Kier molecular flexibility index (Phi) is 2.80. The normalized spacial score (nSPS) is 9.75. The Morgan fingerprint density at radius 2 is 1.88 bits per heavy atom. The Morgan fingerprint density at radius 3 is 2.56 bits per heavy atom. The van der Waals surface area contributed by atoms with Gasteiger partial charge in [0.05, 0.1) is 16.7 Å². The van der Waals surface area contributed by atoms with Crippen LogP contribution >= 0.6 is 11.6 Å². The molecule has 0 saturated heterocycles. The summed E-state index contributed by atoms with van der Waals surface area (Å²) < 4.78 is 0. The van der Waals surface area contributed by atoms with Crippen molar-refractivity contribution < 1.29 is 5.11 Å². The predicted octanol–water partition coefficient (Wildman–Crippen LogP) is 3.58. The van der Waals surface area contributed by atoms with Crippen molar-refractivity contribution >= 4 is 11.6 Å². The molecule has 2 nitrogen and oxygen atoms in total. The fourth-order valence-electron chi connectivity index (χ4n) is 1.51. The first-order chi connectivity index (χ1) is 7.72. The van der Waals surface area contributed by atoms with E-state index in [1.54, 1.807) is 18.2 Å². The van der Waals surface area contributed by atoms with Crippen molar-refractivity contribution in [3.8, 4) is 22.9 Å². The van der Waals surface area contributed by atoms with Gasteiger partial charge >= 0.3 is 0 Å². The predicted molar refractivity (Wildman–Crippen MR) is 63.3 cm³/mol. The highest BCUT2D eigenvalue weighted by Crippen LogP contribution is 2.30. The molecule has 0 aliphatic carbocycles. The van der Waals surface area contributed by atoms with Crippen LogP contribution in [-0.4, -0.2) is 5.11 Å². The molecule has 0 aliphatic rings. The zero-order chi connectivity index (χ0) is 11.5. The molecule has 0 saturated carbocycles. The maximum atomic E-state index is 9.32. The first-order valence-corrected chi connectivity index (χ1v) is 5.08. The summed E-state index contributed by atoms with van der Waals surface area (Å²) in [5.74, 6) is 0.0415. The molecular weight excluding hydrogens is 222 g/mol. The number of phenols is 1. The van der Waals surface area contributed by atoms with Gasteiger partial charge in [-0.1, -0.05) is 35.9 Å². The number of phenolic OH excluding ortho intramolecular Hbond substituents is 1. The second-order valence-electron chi connectivity index (χ2n) is 3.32. The molecule has 0 spiro atoms. The molecule has 2 aromatic rings. The van der Waals surface area contributed by atoms with E-state index in [0.29, 0.717) is 5.56 Å². The van der Waals surface area contributed by atoms with Crippen molar-refractivity contribution in [3.63, 3.8) is 0 Å². The van der Waals surface area contributed by atoms with Gasteiger partial charge in [0.25, 0.3) is 0 Å². The van der Waals surface area contributed by atoms with Crippen LogP contribution in [0, 0.1) is 11.3 Å². The average molecular weight is 230 g/mol. The van der Waals surface area contributed by atoms with Crippen LogP contribution in [-0.2, 0) is 0 Å². The summed E-state index contributed by atoms with van der Waals surface area (Å²) >= 11 is 5.83. The summed E-state index contributed by atoms with van der Waals surface area (Å²) in [5, 5.41) is 18.6. The summed E-state index contributed by atoms with van der Waals surface area (Å²) in [4.78, 5) is 0. The molecular formula is C13H8ClNO. The van der Waals surface area contributed by atoms with Gasteiger partial charge in [0, 0.05) is 0 Å². The topological polar surface area (TPSA) is 44.0 Å². The van der Waals surface area contributed by atoms with Gasteiger partial charge in [-0.3, -0.25) is 0 Å². The Balaban J connectivity index is 2.60. The lowest BCUT2D eigenvalue weighted by molar-refractivity contribution is 0.475. The number of halogens is 1. The Morgan fingerprint density at radius 1 is 1.12 bits per heavy atom. The first kappa shape index (κ1) is 10.5. The van der Waals surface area contributed by atoms with Crippen LogP contribution in [0.25, 0.3) is 11.1 Å². The summed E-state index contributed by atoms with van der Waals surface area (Å²) in [6.07, 6.45) is 0. The fourth-order valence-corrected chi connectivity index (χ4v) is 1.69. The van der Waals surface area contributed by atoms with E-state index in [4.69, 9.17) is 16.9 Å². The van der Waals surface area contributed by atoms with Gasteiger partial charge in [0.15, 0.2) is 0 Å². The highest BCUT2D eigenvalue weighted by Gasteiger charge is 2.06. The minimum absolute atomic E-state index is 0.0415. The maximum absolute atomic E-state index is 9.32. The quantitative estimate of drug-likeness (QED) is 0.812.